The molecule has 342 valence electrons. The number of aliphatic carboxylic acids is 1. The Morgan fingerprint density at radius 3 is 2.32 bits per heavy atom. The van der Waals surface area contributed by atoms with Gasteiger partial charge in [-0.2, -0.15) is 24.9 Å². The maximum Gasteiger partial charge on any atom is 0.492 e. The molecule has 0 aromatic heterocycles. The van der Waals surface area contributed by atoms with Crippen molar-refractivity contribution in [2.45, 2.75) is 76.8 Å². The number of ether oxygens (including phenoxy) is 6. The lowest BCUT2D eigenvalue weighted by Crippen LogP contribution is -2.58. The van der Waals surface area contributed by atoms with E-state index in [-0.39, 0.29) is 42.2 Å². The number of carboxylic acid groups (broad SMARTS) is 1. The Hall–Kier alpha value is -4.93. The fourth-order valence-corrected chi connectivity index (χ4v) is 10.6. The number of methoxy groups -OCH3 is 2. The van der Waals surface area contributed by atoms with Gasteiger partial charge in [-0.25, -0.2) is 9.59 Å². The maximum absolute atomic E-state index is 14.8. The number of rotatable bonds is 6. The number of phenolic OH excluding ortho intramolecular Hbond substituents is 1. The summed E-state index contributed by atoms with van der Waals surface area (Å²) in [6.07, 6.45) is -3.14. The van der Waals surface area contributed by atoms with E-state index in [4.69, 9.17) is 38.3 Å². The number of carbonyl (C=O) groups excluding carboxylic acids is 2. The lowest BCUT2D eigenvalue weighted by molar-refractivity contribution is -0.192. The highest BCUT2D eigenvalue weighted by molar-refractivity contribution is 7.99. The second-order valence-corrected chi connectivity index (χ2v) is 16.6. The van der Waals surface area contributed by atoms with E-state index >= 15 is 0 Å². The third-order valence-corrected chi connectivity index (χ3v) is 13.1. The van der Waals surface area contributed by atoms with Crippen molar-refractivity contribution < 1.29 is 76.2 Å². The lowest BCUT2D eigenvalue weighted by atomic mass is 9.74. The number of carboxylic acids is 1. The summed E-state index contributed by atoms with van der Waals surface area (Å²) in [4.78, 5) is 38.5. The van der Waals surface area contributed by atoms with Gasteiger partial charge in [0.15, 0.2) is 28.5 Å². The number of benzene rings is 3. The number of hydrogen-bond acceptors (Lipinski definition) is 16. The molecule has 2 unspecified atom stereocenters. The number of carbonyl (C=O) groups is 3. The van der Waals surface area contributed by atoms with Crippen LogP contribution in [0, 0.1) is 20.8 Å². The lowest BCUT2D eigenvalue weighted by Gasteiger charge is -2.46. The number of esters is 2. The van der Waals surface area contributed by atoms with E-state index in [1.807, 2.05) is 27.8 Å². The molecule has 1 spiro atoms. The Morgan fingerprint density at radius 1 is 1.00 bits per heavy atom. The van der Waals surface area contributed by atoms with E-state index in [0.29, 0.717) is 76.9 Å². The second kappa shape index (κ2) is 19.0. The molecule has 4 aliphatic heterocycles. The molecule has 0 bridgehead atoms. The molecule has 3 aromatic carbocycles. The van der Waals surface area contributed by atoms with Crippen molar-refractivity contribution in [3.05, 3.63) is 62.7 Å². The van der Waals surface area contributed by atoms with E-state index in [1.165, 1.54) is 14.0 Å². The Morgan fingerprint density at radius 2 is 1.70 bits per heavy atom. The molecule has 63 heavy (non-hydrogen) atoms. The topological polar surface area (TPSA) is 215 Å². The summed E-state index contributed by atoms with van der Waals surface area (Å²) in [5.41, 5.74) is 4.91. The fourth-order valence-electron chi connectivity index (χ4n) is 9.18. The zero-order chi connectivity index (χ0) is 46.1. The van der Waals surface area contributed by atoms with Crippen LogP contribution in [0.25, 0.3) is 0 Å². The smallest absolute Gasteiger partial charge is 0.492 e. The SMILES string of the molecule is CN[C@@H]1c2c(cc(C)c(OC)c2O)CCCN2C(c3c(C)c(OC(C)=O)c(C)c4c3OCO4)COC(=O)[C@]3(CSCC12)NCCc1cc(B(O)O)c(OC)cc13.O=C(O)C(F)(F)F. The molecule has 21 heteroatoms. The largest absolute Gasteiger partial charge is 0.504 e. The highest BCUT2D eigenvalue weighted by Crippen LogP contribution is 2.52. The number of halogens is 3. The highest BCUT2D eigenvalue weighted by Gasteiger charge is 2.49. The maximum atomic E-state index is 14.8. The Bertz CT molecular complexity index is 2260. The van der Waals surface area contributed by atoms with Crippen molar-refractivity contribution in [1.29, 1.82) is 0 Å². The minimum absolute atomic E-state index is 0.0341. The first-order chi connectivity index (χ1) is 29.8. The van der Waals surface area contributed by atoms with E-state index in [1.54, 1.807) is 31.0 Å². The van der Waals surface area contributed by atoms with E-state index in [9.17, 15) is 37.9 Å². The molecule has 6 N–H and O–H groups in total. The Kier molecular flexibility index (Phi) is 14.4. The van der Waals surface area contributed by atoms with Gasteiger partial charge in [0.05, 0.1) is 26.3 Å². The van der Waals surface area contributed by atoms with Crippen LogP contribution in [0.3, 0.4) is 0 Å². The molecule has 1 fully saturated rings. The van der Waals surface area contributed by atoms with Crippen LogP contribution in [0.1, 0.15) is 69.9 Å². The molecule has 16 nitrogen and oxygen atoms in total. The van der Waals surface area contributed by atoms with Gasteiger partial charge in [0.2, 0.25) is 6.79 Å². The standard InChI is InChI=1S/C40H50BN3O11S.C2HF3O2/c1-20-13-25-9-8-12-44-28(31-21(2)36(55-23(4)45)22(3)37-38(31)54-19-53-37)16-52-39(47)40(18-56-17-29(44)33(42-5)32(25)34(46)35(20)51-7)26-15-30(50-6)27(41(48)49)14-24(26)10-11-43-40;3-2(4,5)1(6)7/h13-15,28-29,33,42-43,46,48-49H,8-12,16-19H2,1-7H3;(H,6,7)/t28?,29?,33-,40+;/m0./s1. The summed E-state index contributed by atoms with van der Waals surface area (Å²) in [5, 5.41) is 46.4. The third kappa shape index (κ3) is 9.08. The number of nitrogens with zero attached hydrogens (tertiary/aromatic N) is 1. The molecular weight excluding hydrogens is 854 g/mol. The van der Waals surface area contributed by atoms with Gasteiger partial charge in [-0.3, -0.25) is 15.0 Å². The second-order valence-electron chi connectivity index (χ2n) is 15.6. The zero-order valence-corrected chi connectivity index (χ0v) is 36.7. The normalized spacial score (nSPS) is 22.2. The van der Waals surface area contributed by atoms with Crippen LogP contribution >= 0.6 is 11.8 Å². The number of hydrogen-bond donors (Lipinski definition) is 6. The number of aromatic hydroxyl groups is 1. The van der Waals surface area contributed by atoms with Gasteiger partial charge in [0.25, 0.3) is 0 Å². The van der Waals surface area contributed by atoms with Crippen LogP contribution in [0.15, 0.2) is 18.2 Å². The quantitative estimate of drug-likeness (QED) is 0.119. The molecule has 4 heterocycles. The van der Waals surface area contributed by atoms with Crippen LogP contribution in [-0.2, 0) is 37.5 Å². The summed E-state index contributed by atoms with van der Waals surface area (Å²) in [5.74, 6) is -0.865. The molecule has 0 aliphatic carbocycles. The van der Waals surface area contributed by atoms with Crippen molar-refractivity contribution in [2.75, 3.05) is 59.3 Å². The molecule has 4 aliphatic rings. The predicted molar refractivity (Wildman–Crippen MR) is 224 cm³/mol. The van der Waals surface area contributed by atoms with Gasteiger partial charge >= 0.3 is 31.2 Å². The van der Waals surface area contributed by atoms with Gasteiger partial charge in [-0.15, -0.1) is 0 Å². The van der Waals surface area contributed by atoms with Crippen molar-refractivity contribution in [3.8, 4) is 34.5 Å². The van der Waals surface area contributed by atoms with Gasteiger partial charge in [-0.1, -0.05) is 12.1 Å². The van der Waals surface area contributed by atoms with E-state index in [0.717, 1.165) is 28.7 Å². The average molecular weight is 906 g/mol. The van der Waals surface area contributed by atoms with Gasteiger partial charge in [-0.05, 0) is 81.9 Å². The molecule has 0 saturated carbocycles. The molecule has 3 aromatic rings. The van der Waals surface area contributed by atoms with Crippen molar-refractivity contribution in [2.24, 2.45) is 0 Å². The molecule has 4 atom stereocenters. The molecular formula is C42H51BF3N3O13S. The van der Waals surface area contributed by atoms with Crippen molar-refractivity contribution in [1.82, 2.24) is 15.5 Å². The third-order valence-electron chi connectivity index (χ3n) is 11.9. The predicted octanol–water partition coefficient (Wildman–Crippen LogP) is 3.25. The molecule has 7 rings (SSSR count). The van der Waals surface area contributed by atoms with Gasteiger partial charge in [0.1, 0.15) is 18.1 Å². The first-order valence-corrected chi connectivity index (χ1v) is 21.3. The Labute approximate surface area is 366 Å². The van der Waals surface area contributed by atoms with Gasteiger partial charge in [0, 0.05) is 58.7 Å². The average Bonchev–Trinajstić information content (AvgIpc) is 3.71. The summed E-state index contributed by atoms with van der Waals surface area (Å²) in [6.45, 7) is 7.88. The summed E-state index contributed by atoms with van der Waals surface area (Å²) in [6, 6.07) is 4.15. The molecule has 0 radical (unpaired) electrons. The van der Waals surface area contributed by atoms with E-state index in [2.05, 4.69) is 21.6 Å². The van der Waals surface area contributed by atoms with Crippen LogP contribution in [0.2, 0.25) is 0 Å². The Balaban J connectivity index is 0.000000871. The highest BCUT2D eigenvalue weighted by atomic mass is 32.2. The summed E-state index contributed by atoms with van der Waals surface area (Å²) < 4.78 is 67.6. The zero-order valence-electron chi connectivity index (χ0n) is 35.9. The van der Waals surface area contributed by atoms with Crippen LogP contribution in [0.4, 0.5) is 13.2 Å². The minimum atomic E-state index is -5.08. The number of fused-ring (bicyclic) bond motifs is 5. The van der Waals surface area contributed by atoms with Crippen LogP contribution in [0.5, 0.6) is 34.5 Å². The van der Waals surface area contributed by atoms with Crippen molar-refractivity contribution in [3.63, 3.8) is 0 Å². The first-order valence-electron chi connectivity index (χ1n) is 20.1. The molecule has 1 saturated heterocycles. The van der Waals surface area contributed by atoms with Crippen LogP contribution < -0.4 is 39.8 Å². The monoisotopic (exact) mass is 905 g/mol. The number of nitrogens with one attached hydrogen (secondary N) is 2. The minimum Gasteiger partial charge on any atom is -0.504 e. The number of alkyl halides is 3. The first kappa shape index (κ1) is 47.6. The van der Waals surface area contributed by atoms with E-state index < -0.39 is 48.8 Å². The fraction of sp³-hybridized carbons (Fsp3) is 0.500. The number of aryl methyl sites for hydroxylation is 2. The van der Waals surface area contributed by atoms with Gasteiger partial charge < -0.3 is 54.0 Å². The molecule has 0 amide bonds. The van der Waals surface area contributed by atoms with Crippen molar-refractivity contribution >= 4 is 42.3 Å². The van der Waals surface area contributed by atoms with Crippen LogP contribution in [-0.4, -0.2) is 122 Å². The number of cyclic esters (lactones) is 1. The summed E-state index contributed by atoms with van der Waals surface area (Å²) in [7, 11) is 3.12. The number of thioether (sulfide) groups is 1. The number of phenols is 1. The number of likely N-dealkylation sites (N-methyl/N-ethyl adjacent to an activating group) is 1. The summed E-state index contributed by atoms with van der Waals surface area (Å²) >= 11 is 1.58.